The molecule has 1 aromatic rings. The van der Waals surface area contributed by atoms with Gasteiger partial charge in [-0.05, 0) is 51.2 Å². The number of fused-ring (bicyclic) bond motifs is 1. The first-order valence-electron chi connectivity index (χ1n) is 6.77. The first kappa shape index (κ1) is 14.6. The van der Waals surface area contributed by atoms with Crippen LogP contribution < -0.4 is 10.6 Å². The Morgan fingerprint density at radius 3 is 2.33 bits per heavy atom. The quantitative estimate of drug-likeness (QED) is 0.830. The van der Waals surface area contributed by atoms with Crippen LogP contribution in [-0.2, 0) is 12.8 Å². The zero-order valence-electron chi connectivity index (χ0n) is 11.7. The predicted octanol–water partition coefficient (Wildman–Crippen LogP) is 2.81. The Hall–Kier alpha value is -1.51. The van der Waals surface area contributed by atoms with Crippen LogP contribution in [0.5, 0.6) is 0 Å². The molecule has 0 spiro atoms. The van der Waals surface area contributed by atoms with Crippen molar-refractivity contribution in [3.05, 3.63) is 34.9 Å². The van der Waals surface area contributed by atoms with Gasteiger partial charge >= 0.3 is 6.03 Å². The van der Waals surface area contributed by atoms with Crippen LogP contribution in [0.15, 0.2) is 18.2 Å². The molecule has 2 rings (SSSR count). The van der Waals surface area contributed by atoms with Crippen molar-refractivity contribution in [3.8, 4) is 0 Å². The number of urea groups is 1. The second kappa shape index (κ2) is 7.75. The molecule has 0 unspecified atom stereocenters. The van der Waals surface area contributed by atoms with Crippen molar-refractivity contribution in [3.63, 3.8) is 0 Å². The van der Waals surface area contributed by atoms with Gasteiger partial charge in [0.05, 0.1) is 0 Å². The Balaban J connectivity index is 0.000000187. The number of nitrogens with one attached hydrogen (secondary N) is 2. The zero-order chi connectivity index (χ0) is 13.4. The van der Waals surface area contributed by atoms with Crippen LogP contribution in [0.1, 0.15) is 37.0 Å². The average Bonchev–Trinajstić information content (AvgIpc) is 2.77. The van der Waals surface area contributed by atoms with E-state index >= 15 is 0 Å². The summed E-state index contributed by atoms with van der Waals surface area (Å²) in [6, 6.07) is 6.72. The van der Waals surface area contributed by atoms with E-state index in [4.69, 9.17) is 0 Å². The van der Waals surface area contributed by atoms with Crippen molar-refractivity contribution in [2.24, 2.45) is 0 Å². The molecule has 1 aliphatic carbocycles. The van der Waals surface area contributed by atoms with Crippen LogP contribution in [0.4, 0.5) is 4.79 Å². The first-order valence-corrected chi connectivity index (χ1v) is 6.77. The second-order valence-corrected chi connectivity index (χ2v) is 4.52. The molecule has 1 aromatic carbocycles. The Morgan fingerprint density at radius 2 is 1.72 bits per heavy atom. The summed E-state index contributed by atoms with van der Waals surface area (Å²) in [4.78, 5) is 10.4. The highest BCUT2D eigenvalue weighted by Crippen LogP contribution is 2.22. The molecular formula is C15H24N2O. The van der Waals surface area contributed by atoms with E-state index in [-0.39, 0.29) is 6.03 Å². The van der Waals surface area contributed by atoms with Crippen LogP contribution in [0.2, 0.25) is 0 Å². The zero-order valence-corrected chi connectivity index (χ0v) is 11.7. The van der Waals surface area contributed by atoms with Crippen molar-refractivity contribution in [1.82, 2.24) is 10.6 Å². The van der Waals surface area contributed by atoms with Gasteiger partial charge in [0, 0.05) is 13.1 Å². The molecule has 0 bridgehead atoms. The highest BCUT2D eigenvalue weighted by atomic mass is 16.2. The van der Waals surface area contributed by atoms with Crippen LogP contribution in [0.25, 0.3) is 0 Å². The van der Waals surface area contributed by atoms with E-state index in [1.165, 1.54) is 24.8 Å². The van der Waals surface area contributed by atoms with Gasteiger partial charge in [-0.3, -0.25) is 0 Å². The SMILES string of the molecule is CCNC(=O)NCC.Cc1ccc2c(c1)CCC2. The molecule has 0 saturated carbocycles. The maximum Gasteiger partial charge on any atom is 0.314 e. The molecule has 18 heavy (non-hydrogen) atoms. The van der Waals surface area contributed by atoms with Gasteiger partial charge in [0.1, 0.15) is 0 Å². The number of hydrogen-bond donors (Lipinski definition) is 2. The fraction of sp³-hybridized carbons (Fsp3) is 0.533. The van der Waals surface area contributed by atoms with Crippen molar-refractivity contribution < 1.29 is 4.79 Å². The molecule has 2 N–H and O–H groups in total. The minimum Gasteiger partial charge on any atom is -0.338 e. The van der Waals surface area contributed by atoms with E-state index in [2.05, 4.69) is 35.8 Å². The summed E-state index contributed by atoms with van der Waals surface area (Å²) in [5, 5.41) is 5.19. The van der Waals surface area contributed by atoms with Gasteiger partial charge in [-0.15, -0.1) is 0 Å². The minimum atomic E-state index is -0.0880. The molecule has 100 valence electrons. The molecule has 1 aliphatic rings. The third-order valence-electron chi connectivity index (χ3n) is 2.93. The Bertz CT molecular complexity index is 380. The second-order valence-electron chi connectivity index (χ2n) is 4.52. The molecule has 0 aromatic heterocycles. The first-order chi connectivity index (χ1) is 8.67. The van der Waals surface area contributed by atoms with Gasteiger partial charge in [0.2, 0.25) is 0 Å². The van der Waals surface area contributed by atoms with Crippen LogP contribution in [0, 0.1) is 6.92 Å². The van der Waals surface area contributed by atoms with E-state index in [1.54, 1.807) is 11.1 Å². The number of carbonyl (C=O) groups is 1. The summed E-state index contributed by atoms with van der Waals surface area (Å²) in [7, 11) is 0. The van der Waals surface area contributed by atoms with E-state index < -0.39 is 0 Å². The lowest BCUT2D eigenvalue weighted by molar-refractivity contribution is 0.242. The summed E-state index contributed by atoms with van der Waals surface area (Å²) < 4.78 is 0. The number of carbonyl (C=O) groups excluding carboxylic acids is 1. The van der Waals surface area contributed by atoms with Crippen LogP contribution in [0.3, 0.4) is 0 Å². The van der Waals surface area contributed by atoms with Gasteiger partial charge in [-0.2, -0.15) is 0 Å². The van der Waals surface area contributed by atoms with Gasteiger partial charge < -0.3 is 10.6 Å². The maximum atomic E-state index is 10.4. The molecule has 0 fully saturated rings. The van der Waals surface area contributed by atoms with Gasteiger partial charge in [-0.1, -0.05) is 23.8 Å². The number of aryl methyl sites for hydroxylation is 3. The minimum absolute atomic E-state index is 0.0880. The molecule has 0 saturated heterocycles. The van der Waals surface area contributed by atoms with Crippen LogP contribution in [-0.4, -0.2) is 19.1 Å². The van der Waals surface area contributed by atoms with Gasteiger partial charge in [0.15, 0.2) is 0 Å². The average molecular weight is 248 g/mol. The standard InChI is InChI=1S/C10H12.C5H12N2O/c1-8-5-6-9-3-2-4-10(9)7-8;1-3-6-5(8)7-4-2/h5-7H,2-4H2,1H3;3-4H2,1-2H3,(H2,6,7,8). The fourth-order valence-electron chi connectivity index (χ4n) is 2.08. The van der Waals surface area contributed by atoms with Gasteiger partial charge in [-0.25, -0.2) is 4.79 Å². The number of benzene rings is 1. The van der Waals surface area contributed by atoms with E-state index in [0.717, 1.165) is 0 Å². The van der Waals surface area contributed by atoms with Crippen molar-refractivity contribution >= 4 is 6.03 Å². The lowest BCUT2D eigenvalue weighted by Gasteiger charge is -1.99. The summed E-state index contributed by atoms with van der Waals surface area (Å²) in [6.45, 7) is 7.31. The third kappa shape index (κ3) is 4.78. The lowest BCUT2D eigenvalue weighted by Crippen LogP contribution is -2.34. The summed E-state index contributed by atoms with van der Waals surface area (Å²) >= 11 is 0. The molecule has 3 nitrogen and oxygen atoms in total. The fourth-order valence-corrected chi connectivity index (χ4v) is 2.08. The summed E-state index contributed by atoms with van der Waals surface area (Å²) in [6.07, 6.45) is 3.96. The van der Waals surface area contributed by atoms with Crippen molar-refractivity contribution in [2.45, 2.75) is 40.0 Å². The predicted molar refractivity (Wildman–Crippen MR) is 76.0 cm³/mol. The largest absolute Gasteiger partial charge is 0.338 e. The Labute approximate surface area is 110 Å². The van der Waals surface area contributed by atoms with E-state index in [0.29, 0.717) is 13.1 Å². The number of amides is 2. The Morgan fingerprint density at radius 1 is 1.11 bits per heavy atom. The highest BCUT2D eigenvalue weighted by molar-refractivity contribution is 5.73. The molecular weight excluding hydrogens is 224 g/mol. The molecule has 2 amide bonds. The normalized spacial score (nSPS) is 12.2. The number of rotatable bonds is 2. The highest BCUT2D eigenvalue weighted by Gasteiger charge is 2.08. The molecule has 0 radical (unpaired) electrons. The van der Waals surface area contributed by atoms with Crippen molar-refractivity contribution in [2.75, 3.05) is 13.1 Å². The van der Waals surface area contributed by atoms with Gasteiger partial charge in [0.25, 0.3) is 0 Å². The number of hydrogen-bond acceptors (Lipinski definition) is 1. The summed E-state index contributed by atoms with van der Waals surface area (Å²) in [5.41, 5.74) is 4.56. The maximum absolute atomic E-state index is 10.4. The molecule has 0 aliphatic heterocycles. The van der Waals surface area contributed by atoms with Crippen LogP contribution >= 0.6 is 0 Å². The van der Waals surface area contributed by atoms with E-state index in [1.807, 2.05) is 13.8 Å². The lowest BCUT2D eigenvalue weighted by atomic mass is 10.1. The summed E-state index contributed by atoms with van der Waals surface area (Å²) in [5.74, 6) is 0. The monoisotopic (exact) mass is 248 g/mol. The smallest absolute Gasteiger partial charge is 0.314 e. The van der Waals surface area contributed by atoms with E-state index in [9.17, 15) is 4.79 Å². The molecule has 0 heterocycles. The topological polar surface area (TPSA) is 41.1 Å². The Kier molecular flexibility index (Phi) is 6.26. The third-order valence-corrected chi connectivity index (χ3v) is 2.93. The molecule has 0 atom stereocenters. The van der Waals surface area contributed by atoms with Crippen molar-refractivity contribution in [1.29, 1.82) is 0 Å². The molecule has 3 heteroatoms.